The van der Waals surface area contributed by atoms with Crippen LogP contribution in [-0.4, -0.2) is 49.0 Å². The number of anilines is 1. The first kappa shape index (κ1) is 29.6. The largest absolute Gasteiger partial charge is 0.496 e. The van der Waals surface area contributed by atoms with E-state index in [2.05, 4.69) is 10.3 Å². The molecule has 0 fully saturated rings. The first-order chi connectivity index (χ1) is 18.2. The van der Waals surface area contributed by atoms with Crippen LogP contribution in [0.2, 0.25) is 10.0 Å². The molecule has 0 spiro atoms. The van der Waals surface area contributed by atoms with Gasteiger partial charge in [-0.2, -0.15) is 0 Å². The fourth-order valence-electron chi connectivity index (χ4n) is 3.56. The van der Waals surface area contributed by atoms with E-state index in [0.29, 0.717) is 54.6 Å². The van der Waals surface area contributed by atoms with Gasteiger partial charge in [0.1, 0.15) is 5.75 Å². The molecule has 0 aliphatic heterocycles. The summed E-state index contributed by atoms with van der Waals surface area (Å²) in [5, 5.41) is 14.3. The summed E-state index contributed by atoms with van der Waals surface area (Å²) in [7, 11) is 1.59. The lowest BCUT2D eigenvalue weighted by Crippen LogP contribution is -2.12. The number of aromatic nitrogens is 1. The number of rotatable bonds is 13. The number of carbonyl (C=O) groups is 2. The van der Waals surface area contributed by atoms with Gasteiger partial charge in [-0.1, -0.05) is 35.3 Å². The Morgan fingerprint density at radius 3 is 2.58 bits per heavy atom. The second kappa shape index (κ2) is 14.2. The number of carboxylic acids is 1. The van der Waals surface area contributed by atoms with Crippen LogP contribution in [-0.2, 0) is 16.0 Å². The smallest absolute Gasteiger partial charge is 0.331 e. The van der Waals surface area contributed by atoms with Gasteiger partial charge in [0.2, 0.25) is 0 Å². The first-order valence-electron chi connectivity index (χ1n) is 11.7. The lowest BCUT2D eigenvalue weighted by Gasteiger charge is -2.12. The monoisotopic (exact) mass is 580 g/mol. The Morgan fingerprint density at radius 1 is 1.18 bits per heavy atom. The van der Waals surface area contributed by atoms with Crippen molar-refractivity contribution < 1.29 is 28.6 Å². The third-order valence-corrected chi connectivity index (χ3v) is 6.91. The average molecular weight is 581 g/mol. The van der Waals surface area contributed by atoms with E-state index in [-0.39, 0.29) is 27.9 Å². The van der Waals surface area contributed by atoms with Crippen molar-refractivity contribution >= 4 is 57.6 Å². The number of nitrogens with one attached hydrogen (secondary N) is 1. The van der Waals surface area contributed by atoms with Crippen LogP contribution < -0.4 is 10.1 Å². The highest BCUT2D eigenvalue weighted by molar-refractivity contribution is 7.14. The highest BCUT2D eigenvalue weighted by Gasteiger charge is 2.17. The van der Waals surface area contributed by atoms with Crippen molar-refractivity contribution in [2.45, 2.75) is 26.2 Å². The molecule has 0 saturated heterocycles. The van der Waals surface area contributed by atoms with Crippen molar-refractivity contribution in [3.05, 3.63) is 68.0 Å². The van der Waals surface area contributed by atoms with E-state index in [9.17, 15) is 14.0 Å². The third kappa shape index (κ3) is 7.77. The van der Waals surface area contributed by atoms with Gasteiger partial charge in [-0.25, -0.2) is 9.78 Å². The van der Waals surface area contributed by atoms with Gasteiger partial charge in [0.25, 0.3) is 5.91 Å². The minimum Gasteiger partial charge on any atom is -0.496 e. The number of hydrogen-bond acceptors (Lipinski definition) is 6. The lowest BCUT2D eigenvalue weighted by molar-refractivity contribution is -0.132. The number of halogens is 3. The molecule has 0 aliphatic rings. The Balaban J connectivity index is 1.73. The summed E-state index contributed by atoms with van der Waals surface area (Å²) in [6, 6.07) is 8.58. The average Bonchev–Trinajstić information content (AvgIpc) is 3.35. The third-order valence-electron chi connectivity index (χ3n) is 5.53. The number of amides is 1. The molecular weight excluding hydrogens is 554 g/mol. The van der Waals surface area contributed by atoms with Gasteiger partial charge in [-0.3, -0.25) is 14.5 Å². The molecule has 0 aliphatic carbocycles. The molecule has 0 radical (unpaired) electrons. The van der Waals surface area contributed by atoms with E-state index in [1.165, 1.54) is 36.5 Å². The normalized spacial score (nSPS) is 11.4. The van der Waals surface area contributed by atoms with Crippen LogP contribution in [0.4, 0.5) is 9.52 Å². The first-order valence-corrected chi connectivity index (χ1v) is 13.4. The highest BCUT2D eigenvalue weighted by Crippen LogP contribution is 2.35. The van der Waals surface area contributed by atoms with Crippen molar-refractivity contribution in [1.29, 1.82) is 0 Å². The Bertz CT molecular complexity index is 1310. The van der Waals surface area contributed by atoms with Crippen LogP contribution in [0.3, 0.4) is 0 Å². The van der Waals surface area contributed by atoms with Crippen molar-refractivity contribution in [1.82, 2.24) is 4.98 Å². The summed E-state index contributed by atoms with van der Waals surface area (Å²) < 4.78 is 23.5. The molecular formula is C27H27Cl2FN2O5S. The molecule has 11 heteroatoms. The van der Waals surface area contributed by atoms with Crippen LogP contribution in [0.15, 0.2) is 41.3 Å². The molecule has 1 heterocycles. The van der Waals surface area contributed by atoms with Crippen LogP contribution >= 0.6 is 34.5 Å². The number of ether oxygens (including phenoxy) is 2. The molecule has 202 valence electrons. The minimum absolute atomic E-state index is 0.0573. The molecule has 3 aromatic rings. The van der Waals surface area contributed by atoms with Gasteiger partial charge in [0, 0.05) is 34.3 Å². The Hall–Kier alpha value is -2.98. The molecule has 1 aromatic heterocycles. The summed E-state index contributed by atoms with van der Waals surface area (Å²) in [6.45, 7) is 2.08. The zero-order valence-electron chi connectivity index (χ0n) is 20.9. The predicted molar refractivity (Wildman–Crippen MR) is 150 cm³/mol. The van der Waals surface area contributed by atoms with Crippen molar-refractivity contribution in [3.8, 4) is 17.0 Å². The maximum absolute atomic E-state index is 12.9. The SMILES string of the molecule is COc1c(CCOCCCCF)cccc1-c1csc(NC(=O)c2cc(Cl)c(C=C(C)C(=O)O)c(Cl)c2)n1. The summed E-state index contributed by atoms with van der Waals surface area (Å²) in [6.07, 6.45) is 3.16. The van der Waals surface area contributed by atoms with Crippen molar-refractivity contribution in [2.24, 2.45) is 0 Å². The van der Waals surface area contributed by atoms with Gasteiger partial charge < -0.3 is 14.6 Å². The summed E-state index contributed by atoms with van der Waals surface area (Å²) >= 11 is 13.8. The molecule has 7 nitrogen and oxygen atoms in total. The number of methoxy groups -OCH3 is 1. The Kier molecular flexibility index (Phi) is 11.1. The molecule has 38 heavy (non-hydrogen) atoms. The second-order valence-corrected chi connectivity index (χ2v) is 9.91. The molecule has 1 amide bonds. The van der Waals surface area contributed by atoms with E-state index in [0.717, 1.165) is 11.1 Å². The molecule has 3 rings (SSSR count). The van der Waals surface area contributed by atoms with E-state index < -0.39 is 11.9 Å². The zero-order chi connectivity index (χ0) is 27.7. The number of carbonyl (C=O) groups excluding carboxylic acids is 1. The number of hydrogen-bond donors (Lipinski definition) is 2. The molecule has 2 N–H and O–H groups in total. The fourth-order valence-corrected chi connectivity index (χ4v) is 4.86. The number of aliphatic carboxylic acids is 1. The Morgan fingerprint density at radius 2 is 1.92 bits per heavy atom. The quantitative estimate of drug-likeness (QED) is 0.164. The number of para-hydroxylation sites is 1. The molecule has 0 saturated carbocycles. The van der Waals surface area contributed by atoms with Crippen LogP contribution in [0.5, 0.6) is 5.75 Å². The number of alkyl halides is 1. The standard InChI is InChI=1S/C27H27Cl2FN2O5S/c1-16(26(34)35)12-20-21(28)13-18(14-22(20)29)25(33)32-27-31-23(15-38-27)19-7-5-6-17(24(19)36-2)8-11-37-10-4-3-9-30/h5-7,12-15H,3-4,8-11H2,1-2H3,(H,34,35)(H,31,32,33). The summed E-state index contributed by atoms with van der Waals surface area (Å²) in [5.74, 6) is -0.896. The van der Waals surface area contributed by atoms with Crippen LogP contribution in [0, 0.1) is 0 Å². The van der Waals surface area contributed by atoms with Gasteiger partial charge in [0.05, 0.1) is 36.1 Å². The number of nitrogens with zero attached hydrogens (tertiary/aromatic N) is 1. The molecule has 0 atom stereocenters. The zero-order valence-corrected chi connectivity index (χ0v) is 23.2. The van der Waals surface area contributed by atoms with E-state index in [4.69, 9.17) is 37.8 Å². The fraction of sp³-hybridized carbons (Fsp3) is 0.296. The maximum Gasteiger partial charge on any atom is 0.331 e. The minimum atomic E-state index is -1.10. The van der Waals surface area contributed by atoms with Gasteiger partial charge >= 0.3 is 5.97 Å². The van der Waals surface area contributed by atoms with Crippen molar-refractivity contribution in [3.63, 3.8) is 0 Å². The maximum atomic E-state index is 12.9. The summed E-state index contributed by atoms with van der Waals surface area (Å²) in [4.78, 5) is 28.5. The lowest BCUT2D eigenvalue weighted by atomic mass is 10.0. The van der Waals surface area contributed by atoms with Crippen LogP contribution in [0.1, 0.15) is 41.3 Å². The highest BCUT2D eigenvalue weighted by atomic mass is 35.5. The molecule has 0 unspecified atom stereocenters. The number of thiazole rings is 1. The molecule has 2 aromatic carbocycles. The Labute approximate surface area is 234 Å². The molecule has 0 bridgehead atoms. The number of carboxylic acid groups (broad SMARTS) is 1. The van der Waals surface area contributed by atoms with Crippen molar-refractivity contribution in [2.75, 3.05) is 32.3 Å². The van der Waals surface area contributed by atoms with Crippen LogP contribution in [0.25, 0.3) is 17.3 Å². The van der Waals surface area contributed by atoms with Gasteiger partial charge in [0.15, 0.2) is 5.13 Å². The second-order valence-electron chi connectivity index (χ2n) is 8.23. The van der Waals surface area contributed by atoms with E-state index >= 15 is 0 Å². The van der Waals surface area contributed by atoms with E-state index in [1.54, 1.807) is 7.11 Å². The van der Waals surface area contributed by atoms with Gasteiger partial charge in [-0.05, 0) is 56.0 Å². The van der Waals surface area contributed by atoms with Gasteiger partial charge in [-0.15, -0.1) is 11.3 Å². The van der Waals surface area contributed by atoms with E-state index in [1.807, 2.05) is 23.6 Å². The number of unbranched alkanes of at least 4 members (excludes halogenated alkanes) is 1. The summed E-state index contributed by atoms with van der Waals surface area (Å²) in [5.41, 5.74) is 2.93. The topological polar surface area (TPSA) is 97.8 Å². The predicted octanol–water partition coefficient (Wildman–Crippen LogP) is 7.17. The number of benzene rings is 2.